The lowest BCUT2D eigenvalue weighted by molar-refractivity contribution is 0.0203. The molecule has 1 aromatic heterocycles. The zero-order valence-corrected chi connectivity index (χ0v) is 17.0. The van der Waals surface area contributed by atoms with Crippen molar-refractivity contribution < 1.29 is 13.9 Å². The van der Waals surface area contributed by atoms with Crippen LogP contribution in [-0.2, 0) is 6.61 Å². The van der Waals surface area contributed by atoms with E-state index < -0.39 is 0 Å². The van der Waals surface area contributed by atoms with E-state index in [0.717, 1.165) is 43.1 Å². The number of hydrogen-bond donors (Lipinski definition) is 0. The number of hydrogen-bond acceptors (Lipinski definition) is 4. The van der Waals surface area contributed by atoms with E-state index >= 15 is 0 Å². The van der Waals surface area contributed by atoms with Gasteiger partial charge in [0.05, 0.1) is 0 Å². The van der Waals surface area contributed by atoms with Gasteiger partial charge < -0.3 is 9.47 Å². The molecule has 6 heteroatoms. The fourth-order valence-electron chi connectivity index (χ4n) is 3.48. The summed E-state index contributed by atoms with van der Waals surface area (Å²) in [6.07, 6.45) is 3.08. The van der Waals surface area contributed by atoms with Gasteiger partial charge in [0.15, 0.2) is 0 Å². The zero-order valence-electron chi connectivity index (χ0n) is 17.0. The van der Waals surface area contributed by atoms with E-state index in [1.165, 1.54) is 18.2 Å². The number of pyridine rings is 1. The quantitative estimate of drug-likeness (QED) is 0.565. The van der Waals surface area contributed by atoms with E-state index in [0.29, 0.717) is 5.75 Å². The Bertz CT molecular complexity index is 1030. The van der Waals surface area contributed by atoms with Crippen molar-refractivity contribution in [1.29, 1.82) is 0 Å². The molecule has 1 aliphatic heterocycles. The normalized spacial score (nSPS) is 14.3. The predicted molar refractivity (Wildman–Crippen MR) is 114 cm³/mol. The van der Waals surface area contributed by atoms with Crippen molar-refractivity contribution in [2.24, 2.45) is 0 Å². The van der Waals surface area contributed by atoms with Gasteiger partial charge in [0.2, 0.25) is 0 Å². The molecule has 0 aliphatic carbocycles. The lowest BCUT2D eigenvalue weighted by atomic mass is 10.1. The molecule has 1 aliphatic rings. The number of ether oxygens (including phenoxy) is 2. The summed E-state index contributed by atoms with van der Waals surface area (Å²) in [6, 6.07) is 16.8. The third-order valence-electron chi connectivity index (χ3n) is 5.09. The third-order valence-corrected chi connectivity index (χ3v) is 5.09. The Morgan fingerprint density at radius 1 is 1.00 bits per heavy atom. The van der Waals surface area contributed by atoms with Crippen LogP contribution in [0, 0.1) is 5.82 Å². The monoisotopic (exact) mass is 408 g/mol. The number of aromatic nitrogens is 1. The molecule has 0 bridgehead atoms. The Balaban J connectivity index is 1.35. The first-order valence-corrected chi connectivity index (χ1v) is 10.2. The highest BCUT2D eigenvalue weighted by Crippen LogP contribution is 2.20. The Hall–Kier alpha value is -3.12. The maximum atomic E-state index is 13.0. The lowest BCUT2D eigenvalue weighted by Crippen LogP contribution is -2.53. The van der Waals surface area contributed by atoms with Crippen LogP contribution in [0.2, 0.25) is 0 Å². The first-order valence-electron chi connectivity index (χ1n) is 10.2. The Labute approximate surface area is 175 Å². The van der Waals surface area contributed by atoms with E-state index in [1.54, 1.807) is 29.0 Å². The highest BCUT2D eigenvalue weighted by atomic mass is 19.1. The van der Waals surface area contributed by atoms with Crippen LogP contribution < -0.4 is 15.0 Å². The molecule has 0 unspecified atom stereocenters. The molecule has 1 fully saturated rings. The van der Waals surface area contributed by atoms with Crippen LogP contribution in [-0.4, -0.2) is 35.2 Å². The summed E-state index contributed by atoms with van der Waals surface area (Å²) < 4.78 is 26.1. The van der Waals surface area contributed by atoms with Crippen LogP contribution in [0.15, 0.2) is 71.7 Å². The largest absolute Gasteiger partial charge is 0.489 e. The maximum absolute atomic E-state index is 13.0. The van der Waals surface area contributed by atoms with E-state index in [1.807, 2.05) is 24.3 Å². The third kappa shape index (κ3) is 4.89. The molecule has 0 amide bonds. The zero-order chi connectivity index (χ0) is 20.9. The lowest BCUT2D eigenvalue weighted by Gasteiger charge is -2.38. The fraction of sp³-hybridized carbons (Fsp3) is 0.292. The van der Waals surface area contributed by atoms with Crippen molar-refractivity contribution in [1.82, 2.24) is 9.47 Å². The van der Waals surface area contributed by atoms with E-state index in [4.69, 9.17) is 9.47 Å². The average Bonchev–Trinajstić information content (AvgIpc) is 2.73. The second kappa shape index (κ2) is 9.13. The van der Waals surface area contributed by atoms with Gasteiger partial charge in [-0.25, -0.2) is 4.39 Å². The molecule has 3 aromatic rings. The summed E-state index contributed by atoms with van der Waals surface area (Å²) in [4.78, 5) is 14.9. The number of benzene rings is 2. The van der Waals surface area contributed by atoms with Crippen molar-refractivity contribution in [3.63, 3.8) is 0 Å². The standard InChI is InChI=1S/C24H25FN2O3/c1-2-12-26-15-23(16-26)30-21-9-7-20(8-10-21)27-13-11-22(14-24(27)28)29-17-18-3-5-19(25)6-4-18/h3-11,13-14,23H,2,12,15-17H2,1H3. The molecular weight excluding hydrogens is 383 g/mol. The summed E-state index contributed by atoms with van der Waals surface area (Å²) in [5, 5.41) is 0. The first kappa shape index (κ1) is 20.2. The highest BCUT2D eigenvalue weighted by Gasteiger charge is 2.27. The number of nitrogens with zero attached hydrogens (tertiary/aromatic N) is 2. The van der Waals surface area contributed by atoms with Crippen LogP contribution in [0.1, 0.15) is 18.9 Å². The van der Waals surface area contributed by atoms with Gasteiger partial charge in [-0.15, -0.1) is 0 Å². The van der Waals surface area contributed by atoms with E-state index in [2.05, 4.69) is 11.8 Å². The minimum atomic E-state index is -0.288. The Morgan fingerprint density at radius 3 is 2.40 bits per heavy atom. The summed E-state index contributed by atoms with van der Waals surface area (Å²) in [7, 11) is 0. The smallest absolute Gasteiger partial charge is 0.258 e. The molecule has 30 heavy (non-hydrogen) atoms. The summed E-state index contributed by atoms with van der Waals surface area (Å²) >= 11 is 0. The van der Waals surface area contributed by atoms with Crippen molar-refractivity contribution in [3.05, 3.63) is 88.6 Å². The molecule has 5 nitrogen and oxygen atoms in total. The molecule has 4 rings (SSSR count). The molecule has 156 valence electrons. The number of halogens is 1. The van der Waals surface area contributed by atoms with E-state index in [9.17, 15) is 9.18 Å². The SMILES string of the molecule is CCCN1CC(Oc2ccc(-n3ccc(OCc4ccc(F)cc4)cc3=O)cc2)C1. The molecular formula is C24H25FN2O3. The highest BCUT2D eigenvalue weighted by molar-refractivity contribution is 5.38. The van der Waals surface area contributed by atoms with Crippen LogP contribution in [0.5, 0.6) is 11.5 Å². The minimum absolute atomic E-state index is 0.186. The second-order valence-corrected chi connectivity index (χ2v) is 7.48. The van der Waals surface area contributed by atoms with Gasteiger partial charge in [-0.1, -0.05) is 19.1 Å². The van der Waals surface area contributed by atoms with Crippen molar-refractivity contribution in [3.8, 4) is 17.2 Å². The Morgan fingerprint density at radius 2 is 1.73 bits per heavy atom. The molecule has 0 atom stereocenters. The van der Waals surface area contributed by atoms with Gasteiger partial charge >= 0.3 is 0 Å². The van der Waals surface area contributed by atoms with Crippen LogP contribution >= 0.6 is 0 Å². The van der Waals surface area contributed by atoms with E-state index in [-0.39, 0.29) is 24.1 Å². The molecule has 0 spiro atoms. The minimum Gasteiger partial charge on any atom is -0.489 e. The predicted octanol–water partition coefficient (Wildman–Crippen LogP) is 4.03. The van der Waals surface area contributed by atoms with Gasteiger partial charge in [-0.3, -0.25) is 14.3 Å². The van der Waals surface area contributed by atoms with Crippen molar-refractivity contribution >= 4 is 0 Å². The number of rotatable bonds is 8. The summed E-state index contributed by atoms with van der Waals surface area (Å²) in [6.45, 7) is 5.50. The molecule has 2 heterocycles. The molecule has 0 saturated carbocycles. The Kier molecular flexibility index (Phi) is 6.14. The van der Waals surface area contributed by atoms with Crippen LogP contribution in [0.4, 0.5) is 4.39 Å². The summed E-state index contributed by atoms with van der Waals surface area (Å²) in [5.74, 6) is 0.998. The van der Waals surface area contributed by atoms with Gasteiger partial charge in [0, 0.05) is 31.0 Å². The molecule has 0 N–H and O–H groups in total. The first-order chi connectivity index (χ1) is 14.6. The average molecular weight is 408 g/mol. The van der Waals surface area contributed by atoms with Gasteiger partial charge in [-0.2, -0.15) is 0 Å². The van der Waals surface area contributed by atoms with Crippen molar-refractivity contribution in [2.45, 2.75) is 26.1 Å². The van der Waals surface area contributed by atoms with Crippen LogP contribution in [0.3, 0.4) is 0 Å². The maximum Gasteiger partial charge on any atom is 0.258 e. The van der Waals surface area contributed by atoms with Gasteiger partial charge in [0.25, 0.3) is 5.56 Å². The topological polar surface area (TPSA) is 43.7 Å². The van der Waals surface area contributed by atoms with Crippen LogP contribution in [0.25, 0.3) is 5.69 Å². The fourth-order valence-corrected chi connectivity index (χ4v) is 3.48. The molecule has 2 aromatic carbocycles. The van der Waals surface area contributed by atoms with Gasteiger partial charge in [0.1, 0.15) is 30.0 Å². The van der Waals surface area contributed by atoms with Crippen molar-refractivity contribution in [2.75, 3.05) is 19.6 Å². The second-order valence-electron chi connectivity index (χ2n) is 7.48. The number of likely N-dealkylation sites (tertiary alicyclic amines) is 1. The molecule has 0 radical (unpaired) electrons. The molecule has 1 saturated heterocycles. The van der Waals surface area contributed by atoms with Gasteiger partial charge in [-0.05, 0) is 61.0 Å². The summed E-state index contributed by atoms with van der Waals surface area (Å²) in [5.41, 5.74) is 1.41.